The Hall–Kier alpha value is -1.29. The molecule has 0 saturated heterocycles. The van der Waals surface area contributed by atoms with Gasteiger partial charge < -0.3 is 15.9 Å². The monoisotopic (exact) mass is 267 g/mol. The molecule has 0 aromatic heterocycles. The van der Waals surface area contributed by atoms with Crippen LogP contribution < -0.4 is 5.73 Å². The summed E-state index contributed by atoms with van der Waals surface area (Å²) in [6.07, 6.45) is 1.31. The molecule has 0 bridgehead atoms. The van der Waals surface area contributed by atoms with Crippen molar-refractivity contribution in [2.24, 2.45) is 5.73 Å². The molecule has 18 heavy (non-hydrogen) atoms. The Bertz CT molecular complexity index is 516. The van der Waals surface area contributed by atoms with Crippen LogP contribution in [0.2, 0.25) is 0 Å². The average molecular weight is 268 g/mol. The molecule has 2 rings (SSSR count). The summed E-state index contributed by atoms with van der Waals surface area (Å²) in [6, 6.07) is 11.2. The molecule has 2 aromatic carbocycles. The molecular formula is C14H18ClNO2. The fourth-order valence-electron chi connectivity index (χ4n) is 2.13. The number of aromatic hydroxyl groups is 1. The molecule has 98 valence electrons. The smallest absolute Gasteiger partial charge is 0.120 e. The topological polar surface area (TPSA) is 66.5 Å². The Labute approximate surface area is 113 Å². The van der Waals surface area contributed by atoms with Gasteiger partial charge in [-0.25, -0.2) is 0 Å². The van der Waals surface area contributed by atoms with Gasteiger partial charge in [0.2, 0.25) is 0 Å². The molecule has 0 saturated carbocycles. The van der Waals surface area contributed by atoms with Gasteiger partial charge in [0.25, 0.3) is 0 Å². The second kappa shape index (κ2) is 6.59. The molecule has 2 aromatic rings. The largest absolute Gasteiger partial charge is 0.508 e. The van der Waals surface area contributed by atoms with Crippen LogP contribution in [0.3, 0.4) is 0 Å². The van der Waals surface area contributed by atoms with E-state index in [0.717, 1.165) is 16.3 Å². The molecular weight excluding hydrogens is 250 g/mol. The summed E-state index contributed by atoms with van der Waals surface area (Å²) in [5, 5.41) is 20.8. The normalized spacial score (nSPS) is 12.1. The van der Waals surface area contributed by atoms with E-state index in [1.54, 1.807) is 6.07 Å². The van der Waals surface area contributed by atoms with E-state index in [2.05, 4.69) is 0 Å². The second-order valence-electron chi connectivity index (χ2n) is 4.19. The number of nitrogens with two attached hydrogens (primary N) is 1. The summed E-state index contributed by atoms with van der Waals surface area (Å²) in [5.41, 5.74) is 6.85. The van der Waals surface area contributed by atoms with E-state index in [9.17, 15) is 5.11 Å². The fourth-order valence-corrected chi connectivity index (χ4v) is 2.13. The van der Waals surface area contributed by atoms with Crippen molar-refractivity contribution >= 4 is 23.2 Å². The van der Waals surface area contributed by atoms with Crippen molar-refractivity contribution in [3.63, 3.8) is 0 Å². The molecule has 0 aliphatic heterocycles. The van der Waals surface area contributed by atoms with E-state index in [-0.39, 0.29) is 30.8 Å². The standard InChI is InChI=1S/C14H17NO2.ClH/c15-12(6-3-9-16)14-11-5-2-1-4-10(11)7-8-13(14)17;/h1-2,4-5,7-8,12,16-17H,3,6,9,15H2;1H/t12-;/m1./s1. The number of fused-ring (bicyclic) bond motifs is 1. The van der Waals surface area contributed by atoms with Gasteiger partial charge in [-0.2, -0.15) is 0 Å². The fraction of sp³-hybridized carbons (Fsp3) is 0.286. The number of benzene rings is 2. The highest BCUT2D eigenvalue weighted by Gasteiger charge is 2.14. The van der Waals surface area contributed by atoms with Crippen molar-refractivity contribution < 1.29 is 10.2 Å². The number of aliphatic hydroxyl groups excluding tert-OH is 1. The highest BCUT2D eigenvalue weighted by molar-refractivity contribution is 5.88. The number of rotatable bonds is 4. The lowest BCUT2D eigenvalue weighted by Crippen LogP contribution is -2.11. The third-order valence-electron chi connectivity index (χ3n) is 2.99. The predicted octanol–water partition coefficient (Wildman–Crippen LogP) is 2.74. The average Bonchev–Trinajstić information content (AvgIpc) is 2.35. The third kappa shape index (κ3) is 2.93. The van der Waals surface area contributed by atoms with Crippen LogP contribution in [0.25, 0.3) is 10.8 Å². The van der Waals surface area contributed by atoms with Gasteiger partial charge in [-0.15, -0.1) is 12.4 Å². The minimum absolute atomic E-state index is 0. The van der Waals surface area contributed by atoms with Gasteiger partial charge in [-0.1, -0.05) is 30.3 Å². The minimum atomic E-state index is -0.242. The first-order chi connectivity index (χ1) is 8.24. The van der Waals surface area contributed by atoms with Crippen LogP contribution in [0.1, 0.15) is 24.4 Å². The molecule has 0 aliphatic carbocycles. The molecule has 4 heteroatoms. The number of phenolic OH excluding ortho intramolecular Hbond substituents is 1. The van der Waals surface area contributed by atoms with Gasteiger partial charge >= 0.3 is 0 Å². The van der Waals surface area contributed by atoms with Crippen LogP contribution in [0, 0.1) is 0 Å². The molecule has 4 N–H and O–H groups in total. The van der Waals surface area contributed by atoms with Crippen molar-refractivity contribution in [2.75, 3.05) is 6.61 Å². The zero-order valence-corrected chi connectivity index (χ0v) is 10.9. The number of phenols is 1. The zero-order valence-electron chi connectivity index (χ0n) is 10.0. The van der Waals surface area contributed by atoms with Gasteiger partial charge in [0.05, 0.1) is 0 Å². The van der Waals surface area contributed by atoms with Crippen molar-refractivity contribution in [1.82, 2.24) is 0 Å². The Morgan fingerprint density at radius 3 is 2.56 bits per heavy atom. The van der Waals surface area contributed by atoms with Gasteiger partial charge in [0.15, 0.2) is 0 Å². The van der Waals surface area contributed by atoms with Crippen LogP contribution in [0.4, 0.5) is 0 Å². The molecule has 0 heterocycles. The van der Waals surface area contributed by atoms with Gasteiger partial charge in [0, 0.05) is 18.2 Å². The van der Waals surface area contributed by atoms with Gasteiger partial charge in [0.1, 0.15) is 5.75 Å². The Balaban J connectivity index is 0.00000162. The van der Waals surface area contributed by atoms with Crippen molar-refractivity contribution in [3.05, 3.63) is 42.0 Å². The molecule has 0 unspecified atom stereocenters. The maximum Gasteiger partial charge on any atom is 0.120 e. The third-order valence-corrected chi connectivity index (χ3v) is 2.99. The number of aliphatic hydroxyl groups is 1. The van der Waals surface area contributed by atoms with Crippen molar-refractivity contribution in [3.8, 4) is 5.75 Å². The highest BCUT2D eigenvalue weighted by Crippen LogP contribution is 2.32. The number of hydrogen-bond acceptors (Lipinski definition) is 3. The second-order valence-corrected chi connectivity index (χ2v) is 4.19. The summed E-state index contributed by atoms with van der Waals surface area (Å²) >= 11 is 0. The van der Waals surface area contributed by atoms with E-state index in [0.29, 0.717) is 12.8 Å². The van der Waals surface area contributed by atoms with Crippen LogP contribution in [-0.4, -0.2) is 16.8 Å². The summed E-state index contributed by atoms with van der Waals surface area (Å²) in [4.78, 5) is 0. The summed E-state index contributed by atoms with van der Waals surface area (Å²) in [5.74, 6) is 0.231. The maximum absolute atomic E-state index is 9.94. The van der Waals surface area contributed by atoms with Crippen LogP contribution in [0.5, 0.6) is 5.75 Å². The predicted molar refractivity (Wildman–Crippen MR) is 76.1 cm³/mol. The van der Waals surface area contributed by atoms with E-state index in [1.165, 1.54) is 0 Å². The molecule has 0 radical (unpaired) electrons. The SMILES string of the molecule is Cl.N[C@H](CCCO)c1c(O)ccc2ccccc12. The van der Waals surface area contributed by atoms with Crippen molar-refractivity contribution in [2.45, 2.75) is 18.9 Å². The number of hydrogen-bond donors (Lipinski definition) is 3. The van der Waals surface area contributed by atoms with E-state index in [1.807, 2.05) is 30.3 Å². The molecule has 0 aliphatic rings. The quantitative estimate of drug-likeness (QED) is 0.798. The van der Waals surface area contributed by atoms with Crippen LogP contribution >= 0.6 is 12.4 Å². The van der Waals surface area contributed by atoms with Gasteiger partial charge in [-0.3, -0.25) is 0 Å². The lowest BCUT2D eigenvalue weighted by atomic mass is 9.95. The van der Waals surface area contributed by atoms with E-state index >= 15 is 0 Å². The summed E-state index contributed by atoms with van der Waals surface area (Å²) < 4.78 is 0. The summed E-state index contributed by atoms with van der Waals surface area (Å²) in [6.45, 7) is 0.124. The highest BCUT2D eigenvalue weighted by atomic mass is 35.5. The van der Waals surface area contributed by atoms with E-state index in [4.69, 9.17) is 10.8 Å². The minimum Gasteiger partial charge on any atom is -0.508 e. The molecule has 1 atom stereocenters. The van der Waals surface area contributed by atoms with Gasteiger partial charge in [-0.05, 0) is 29.7 Å². The zero-order chi connectivity index (χ0) is 12.3. The van der Waals surface area contributed by atoms with E-state index < -0.39 is 0 Å². The summed E-state index contributed by atoms with van der Waals surface area (Å²) in [7, 11) is 0. The van der Waals surface area contributed by atoms with Crippen molar-refractivity contribution in [1.29, 1.82) is 0 Å². The lowest BCUT2D eigenvalue weighted by molar-refractivity contribution is 0.279. The molecule has 0 amide bonds. The molecule has 0 spiro atoms. The maximum atomic E-state index is 9.94. The van der Waals surface area contributed by atoms with Crippen LogP contribution in [-0.2, 0) is 0 Å². The first kappa shape index (κ1) is 14.8. The Kier molecular flexibility index (Phi) is 5.41. The molecule has 0 fully saturated rings. The Morgan fingerprint density at radius 1 is 1.11 bits per heavy atom. The van der Waals surface area contributed by atoms with Crippen LogP contribution in [0.15, 0.2) is 36.4 Å². The lowest BCUT2D eigenvalue weighted by Gasteiger charge is -2.16. The number of halogens is 1. The first-order valence-electron chi connectivity index (χ1n) is 5.81. The Morgan fingerprint density at radius 2 is 1.83 bits per heavy atom. The first-order valence-corrected chi connectivity index (χ1v) is 5.81. The molecule has 3 nitrogen and oxygen atoms in total.